The number of carbonyl (C=O) groups is 1. The maximum Gasteiger partial charge on any atom is 0.270 e. The molecule has 0 radical (unpaired) electrons. The summed E-state index contributed by atoms with van der Waals surface area (Å²) in [6.07, 6.45) is 3.08. The number of pyridine rings is 1. The van der Waals surface area contributed by atoms with Crippen LogP contribution < -0.4 is 5.32 Å². The minimum Gasteiger partial charge on any atom is -0.444 e. The van der Waals surface area contributed by atoms with E-state index in [1.54, 1.807) is 19.2 Å². The van der Waals surface area contributed by atoms with Crippen LogP contribution in [0.5, 0.6) is 0 Å². The lowest BCUT2D eigenvalue weighted by molar-refractivity contribution is 0.0942. The van der Waals surface area contributed by atoms with Crippen LogP contribution in [0.1, 0.15) is 22.1 Å². The highest BCUT2D eigenvalue weighted by Crippen LogP contribution is 2.08. The first-order valence-electron chi connectivity index (χ1n) is 4.96. The van der Waals surface area contributed by atoms with Gasteiger partial charge in [0.2, 0.25) is 5.89 Å². The summed E-state index contributed by atoms with van der Waals surface area (Å²) in [5, 5.41) is 3.11. The average molecular weight is 252 g/mol. The van der Waals surface area contributed by atoms with E-state index >= 15 is 0 Å². The molecule has 1 N–H and O–H groups in total. The van der Waals surface area contributed by atoms with Crippen LogP contribution in [0.25, 0.3) is 0 Å². The Labute approximate surface area is 103 Å². The second kappa shape index (κ2) is 4.97. The van der Waals surface area contributed by atoms with Gasteiger partial charge in [-0.3, -0.25) is 9.78 Å². The van der Waals surface area contributed by atoms with Gasteiger partial charge in [-0.05, 0) is 19.1 Å². The normalized spacial score (nSPS) is 10.2. The van der Waals surface area contributed by atoms with Gasteiger partial charge in [-0.2, -0.15) is 0 Å². The van der Waals surface area contributed by atoms with E-state index < -0.39 is 0 Å². The summed E-state index contributed by atoms with van der Waals surface area (Å²) in [5.74, 6) is 0.844. The Morgan fingerprint density at radius 1 is 1.53 bits per heavy atom. The van der Waals surface area contributed by atoms with E-state index in [0.717, 1.165) is 0 Å². The number of nitrogens with one attached hydrogen (secondary N) is 1. The molecule has 0 aromatic carbocycles. The minimum atomic E-state index is -0.316. The van der Waals surface area contributed by atoms with Gasteiger partial charge in [0.25, 0.3) is 5.91 Å². The Hall–Kier alpha value is -1.88. The lowest BCUT2D eigenvalue weighted by Crippen LogP contribution is -2.23. The Morgan fingerprint density at radius 3 is 3.00 bits per heavy atom. The topological polar surface area (TPSA) is 68.0 Å². The SMILES string of the molecule is Cc1cnc(CNC(=O)c2cc(Cl)ccn2)o1. The number of hydrogen-bond acceptors (Lipinski definition) is 4. The number of carbonyl (C=O) groups excluding carboxylic acids is 1. The molecule has 0 unspecified atom stereocenters. The van der Waals surface area contributed by atoms with Gasteiger partial charge in [0.1, 0.15) is 11.5 Å². The molecule has 5 nitrogen and oxygen atoms in total. The molecule has 1 amide bonds. The molecule has 2 aromatic rings. The van der Waals surface area contributed by atoms with Crippen molar-refractivity contribution in [2.45, 2.75) is 13.5 Å². The van der Waals surface area contributed by atoms with Crippen LogP contribution >= 0.6 is 11.6 Å². The van der Waals surface area contributed by atoms with Gasteiger partial charge in [0.05, 0.1) is 12.7 Å². The van der Waals surface area contributed by atoms with Crippen molar-refractivity contribution in [2.75, 3.05) is 0 Å². The fourth-order valence-electron chi connectivity index (χ4n) is 1.26. The number of aromatic nitrogens is 2. The van der Waals surface area contributed by atoms with Gasteiger partial charge in [0.15, 0.2) is 0 Å². The third kappa shape index (κ3) is 3.04. The highest BCUT2D eigenvalue weighted by atomic mass is 35.5. The van der Waals surface area contributed by atoms with Crippen molar-refractivity contribution in [2.24, 2.45) is 0 Å². The standard InChI is InChI=1S/C11H10ClN3O2/c1-7-5-14-10(17-7)6-15-11(16)9-4-8(12)2-3-13-9/h2-5H,6H2,1H3,(H,15,16). The van der Waals surface area contributed by atoms with E-state index in [9.17, 15) is 4.79 Å². The van der Waals surface area contributed by atoms with Crippen LogP contribution in [0, 0.1) is 6.92 Å². The predicted octanol–water partition coefficient (Wildman–Crippen LogP) is 1.96. The molecule has 88 valence electrons. The van der Waals surface area contributed by atoms with Crippen molar-refractivity contribution >= 4 is 17.5 Å². The molecule has 0 spiro atoms. The van der Waals surface area contributed by atoms with Crippen LogP contribution in [0.4, 0.5) is 0 Å². The first kappa shape index (κ1) is 11.6. The van der Waals surface area contributed by atoms with Crippen molar-refractivity contribution in [1.29, 1.82) is 0 Å². The Kier molecular flexibility index (Phi) is 3.39. The molecule has 0 aliphatic rings. The zero-order chi connectivity index (χ0) is 12.3. The van der Waals surface area contributed by atoms with E-state index in [0.29, 0.717) is 16.7 Å². The van der Waals surface area contributed by atoms with E-state index in [1.807, 2.05) is 0 Å². The lowest BCUT2D eigenvalue weighted by Gasteiger charge is -2.01. The second-order valence-corrected chi connectivity index (χ2v) is 3.84. The van der Waals surface area contributed by atoms with Crippen molar-refractivity contribution in [3.8, 4) is 0 Å². The number of rotatable bonds is 3. The highest BCUT2D eigenvalue weighted by molar-refractivity contribution is 6.30. The van der Waals surface area contributed by atoms with Crippen LogP contribution in [0.15, 0.2) is 28.9 Å². The summed E-state index contributed by atoms with van der Waals surface area (Å²) in [5.41, 5.74) is 0.265. The first-order chi connectivity index (χ1) is 8.15. The second-order valence-electron chi connectivity index (χ2n) is 3.41. The van der Waals surface area contributed by atoms with Gasteiger partial charge in [-0.1, -0.05) is 11.6 Å². The molecule has 0 atom stereocenters. The number of oxazole rings is 1. The largest absolute Gasteiger partial charge is 0.444 e. The molecule has 2 aromatic heterocycles. The van der Waals surface area contributed by atoms with Gasteiger partial charge in [0, 0.05) is 11.2 Å². The molecular weight excluding hydrogens is 242 g/mol. The van der Waals surface area contributed by atoms with E-state index in [-0.39, 0.29) is 18.1 Å². The van der Waals surface area contributed by atoms with Crippen LogP contribution in [-0.4, -0.2) is 15.9 Å². The summed E-state index contributed by atoms with van der Waals surface area (Å²) in [6.45, 7) is 2.01. The summed E-state index contributed by atoms with van der Waals surface area (Å²) in [7, 11) is 0. The summed E-state index contributed by atoms with van der Waals surface area (Å²) in [6, 6.07) is 3.10. The monoisotopic (exact) mass is 251 g/mol. The number of amides is 1. The zero-order valence-corrected chi connectivity index (χ0v) is 9.86. The highest BCUT2D eigenvalue weighted by Gasteiger charge is 2.08. The van der Waals surface area contributed by atoms with Crippen LogP contribution in [0.3, 0.4) is 0 Å². The molecule has 2 heterocycles. The molecule has 0 bridgehead atoms. The third-order valence-corrected chi connectivity index (χ3v) is 2.26. The molecule has 6 heteroatoms. The Balaban J connectivity index is 1.98. The van der Waals surface area contributed by atoms with E-state index in [1.165, 1.54) is 12.3 Å². The molecule has 0 saturated carbocycles. The molecule has 0 fully saturated rings. The average Bonchev–Trinajstić information content (AvgIpc) is 2.72. The predicted molar refractivity (Wildman–Crippen MR) is 61.7 cm³/mol. The third-order valence-electron chi connectivity index (χ3n) is 2.02. The smallest absolute Gasteiger partial charge is 0.270 e. The van der Waals surface area contributed by atoms with Crippen molar-refractivity contribution in [1.82, 2.24) is 15.3 Å². The van der Waals surface area contributed by atoms with E-state index in [2.05, 4.69) is 15.3 Å². The van der Waals surface area contributed by atoms with Gasteiger partial charge >= 0.3 is 0 Å². The van der Waals surface area contributed by atoms with Crippen LogP contribution in [0.2, 0.25) is 5.02 Å². The van der Waals surface area contributed by atoms with Gasteiger partial charge in [-0.25, -0.2) is 4.98 Å². The van der Waals surface area contributed by atoms with Gasteiger partial charge in [-0.15, -0.1) is 0 Å². The molecule has 0 aliphatic carbocycles. The maximum atomic E-state index is 11.7. The van der Waals surface area contributed by atoms with Crippen molar-refractivity contribution in [3.05, 3.63) is 46.9 Å². The van der Waals surface area contributed by atoms with Crippen LogP contribution in [-0.2, 0) is 6.54 Å². The minimum absolute atomic E-state index is 0.223. The van der Waals surface area contributed by atoms with Gasteiger partial charge < -0.3 is 9.73 Å². The molecule has 0 aliphatic heterocycles. The quantitative estimate of drug-likeness (QED) is 0.906. The first-order valence-corrected chi connectivity index (χ1v) is 5.34. The molecular formula is C11H10ClN3O2. The van der Waals surface area contributed by atoms with Crippen molar-refractivity contribution < 1.29 is 9.21 Å². The zero-order valence-electron chi connectivity index (χ0n) is 9.11. The fraction of sp³-hybridized carbons (Fsp3) is 0.182. The molecule has 2 rings (SSSR count). The van der Waals surface area contributed by atoms with E-state index in [4.69, 9.17) is 16.0 Å². The number of hydrogen-bond donors (Lipinski definition) is 1. The maximum absolute atomic E-state index is 11.7. The Bertz CT molecular complexity index is 539. The lowest BCUT2D eigenvalue weighted by atomic mass is 10.3. The molecule has 0 saturated heterocycles. The van der Waals surface area contributed by atoms with Crippen molar-refractivity contribution in [3.63, 3.8) is 0 Å². The number of halogens is 1. The summed E-state index contributed by atoms with van der Waals surface area (Å²) < 4.78 is 5.22. The molecule has 17 heavy (non-hydrogen) atoms. The number of nitrogens with zero attached hydrogens (tertiary/aromatic N) is 2. The fourth-order valence-corrected chi connectivity index (χ4v) is 1.42. The Morgan fingerprint density at radius 2 is 2.35 bits per heavy atom. The summed E-state index contributed by atoms with van der Waals surface area (Å²) >= 11 is 5.76. The number of aryl methyl sites for hydroxylation is 1. The summed E-state index contributed by atoms with van der Waals surface area (Å²) in [4.78, 5) is 19.6.